The summed E-state index contributed by atoms with van der Waals surface area (Å²) in [5.74, 6) is -0.199. The van der Waals surface area contributed by atoms with Gasteiger partial charge in [-0.2, -0.15) is 0 Å². The normalized spacial score (nSPS) is 12.9. The van der Waals surface area contributed by atoms with Crippen LogP contribution in [0.4, 0.5) is 0 Å². The second-order valence-corrected chi connectivity index (χ2v) is 16.2. The van der Waals surface area contributed by atoms with E-state index in [1.807, 2.05) is 55.5 Å². The molecular weight excluding hydrogens is 649 g/mol. The van der Waals surface area contributed by atoms with E-state index < -0.39 is 19.7 Å². The maximum absolute atomic E-state index is 12.1. The van der Waals surface area contributed by atoms with Gasteiger partial charge in [-0.1, -0.05) is 66.5 Å². The molecule has 2 heterocycles. The third-order valence-electron chi connectivity index (χ3n) is 7.56. The highest BCUT2D eigenvalue weighted by atomic mass is 35.5. The van der Waals surface area contributed by atoms with E-state index in [0.29, 0.717) is 38.0 Å². The topological polar surface area (TPSA) is 107 Å². The number of fused-ring (bicyclic) bond motifs is 2. The van der Waals surface area contributed by atoms with E-state index in [2.05, 4.69) is 4.98 Å². The number of hydrogen-bond acceptors (Lipinski definition) is 7. The van der Waals surface area contributed by atoms with Crippen molar-refractivity contribution in [1.29, 1.82) is 0 Å². The fourth-order valence-corrected chi connectivity index (χ4v) is 7.47. The Labute approximate surface area is 271 Å². The van der Waals surface area contributed by atoms with Gasteiger partial charge >= 0.3 is 0 Å². The zero-order chi connectivity index (χ0) is 32.1. The SMILES string of the molecule is CC(CS(C)(=O)=O)c1cc(-c2cccc(-c3nc4cc(Cl)c(Cl)cc4nc3-c3ccc(S(C)(=O)=O)cc3)c2)c2ncccc2c1. The van der Waals surface area contributed by atoms with Gasteiger partial charge in [0.2, 0.25) is 0 Å². The molecule has 0 saturated carbocycles. The number of benzene rings is 4. The van der Waals surface area contributed by atoms with Crippen molar-refractivity contribution in [3.8, 4) is 33.6 Å². The summed E-state index contributed by atoms with van der Waals surface area (Å²) in [5.41, 5.74) is 7.01. The molecule has 1 atom stereocenters. The molecule has 228 valence electrons. The van der Waals surface area contributed by atoms with Crippen LogP contribution >= 0.6 is 23.2 Å². The van der Waals surface area contributed by atoms with Crippen LogP contribution in [0.1, 0.15) is 18.4 Å². The van der Waals surface area contributed by atoms with Gasteiger partial charge in [0, 0.05) is 40.8 Å². The van der Waals surface area contributed by atoms with Gasteiger partial charge in [0.05, 0.1) is 48.6 Å². The number of sulfone groups is 2. The summed E-state index contributed by atoms with van der Waals surface area (Å²) in [6.45, 7) is 1.90. The highest BCUT2D eigenvalue weighted by molar-refractivity contribution is 7.91. The van der Waals surface area contributed by atoms with Crippen molar-refractivity contribution in [2.45, 2.75) is 17.7 Å². The van der Waals surface area contributed by atoms with Gasteiger partial charge in [0.25, 0.3) is 0 Å². The quantitative estimate of drug-likeness (QED) is 0.169. The summed E-state index contributed by atoms with van der Waals surface area (Å²) in [7, 11) is -6.58. The van der Waals surface area contributed by atoms with Gasteiger partial charge in [-0.3, -0.25) is 4.98 Å². The first kappa shape index (κ1) is 31.1. The zero-order valence-corrected chi connectivity index (χ0v) is 27.6. The first-order valence-corrected chi connectivity index (χ1v) is 18.6. The van der Waals surface area contributed by atoms with E-state index in [1.165, 1.54) is 6.26 Å². The van der Waals surface area contributed by atoms with Crippen LogP contribution in [0.25, 0.3) is 55.6 Å². The molecule has 0 saturated heterocycles. The van der Waals surface area contributed by atoms with Crippen LogP contribution in [0.15, 0.2) is 96.0 Å². The average Bonchev–Trinajstić information content (AvgIpc) is 2.99. The van der Waals surface area contributed by atoms with Gasteiger partial charge in [0.15, 0.2) is 9.84 Å². The summed E-state index contributed by atoms with van der Waals surface area (Å²) < 4.78 is 48.5. The molecule has 0 amide bonds. The molecule has 0 radical (unpaired) electrons. The summed E-state index contributed by atoms with van der Waals surface area (Å²) >= 11 is 12.7. The molecule has 6 aromatic rings. The van der Waals surface area contributed by atoms with Crippen molar-refractivity contribution < 1.29 is 16.8 Å². The highest BCUT2D eigenvalue weighted by Crippen LogP contribution is 2.37. The molecule has 0 spiro atoms. The van der Waals surface area contributed by atoms with Crippen LogP contribution < -0.4 is 0 Å². The number of hydrogen-bond donors (Lipinski definition) is 0. The van der Waals surface area contributed by atoms with Gasteiger partial charge in [-0.15, -0.1) is 0 Å². The first-order chi connectivity index (χ1) is 21.3. The molecule has 7 nitrogen and oxygen atoms in total. The molecule has 2 aromatic heterocycles. The number of rotatable bonds is 7. The lowest BCUT2D eigenvalue weighted by Gasteiger charge is -2.16. The molecule has 0 aliphatic rings. The summed E-state index contributed by atoms with van der Waals surface area (Å²) in [6, 6.07) is 25.5. The maximum atomic E-state index is 12.1. The monoisotopic (exact) mass is 675 g/mol. The summed E-state index contributed by atoms with van der Waals surface area (Å²) in [4.78, 5) is 14.7. The van der Waals surface area contributed by atoms with Gasteiger partial charge in [0.1, 0.15) is 9.84 Å². The van der Waals surface area contributed by atoms with E-state index in [9.17, 15) is 16.8 Å². The van der Waals surface area contributed by atoms with Crippen molar-refractivity contribution in [3.05, 3.63) is 107 Å². The Hall–Kier alpha value is -3.89. The number of aromatic nitrogens is 3. The minimum absolute atomic E-state index is 0.0268. The third kappa shape index (κ3) is 6.58. The van der Waals surface area contributed by atoms with E-state index in [1.54, 1.807) is 42.6 Å². The predicted octanol–water partition coefficient (Wildman–Crippen LogP) is 8.04. The predicted molar refractivity (Wildman–Crippen MR) is 182 cm³/mol. The number of pyridine rings is 1. The number of nitrogens with zero attached hydrogens (tertiary/aromatic N) is 3. The van der Waals surface area contributed by atoms with E-state index >= 15 is 0 Å². The molecule has 0 N–H and O–H groups in total. The molecule has 4 aromatic carbocycles. The zero-order valence-electron chi connectivity index (χ0n) is 24.5. The van der Waals surface area contributed by atoms with Crippen LogP contribution in [-0.2, 0) is 19.7 Å². The fourth-order valence-electron chi connectivity index (χ4n) is 5.42. The Balaban J connectivity index is 1.56. The molecule has 0 aliphatic heterocycles. The van der Waals surface area contributed by atoms with Crippen LogP contribution in [-0.4, -0.2) is 50.1 Å². The highest BCUT2D eigenvalue weighted by Gasteiger charge is 2.19. The van der Waals surface area contributed by atoms with E-state index in [4.69, 9.17) is 33.2 Å². The Morgan fingerprint density at radius 3 is 1.96 bits per heavy atom. The van der Waals surface area contributed by atoms with Gasteiger partial charge in [-0.05, 0) is 65.6 Å². The third-order valence-corrected chi connectivity index (χ3v) is 10.5. The number of halogens is 2. The standard InChI is InChI=1S/C34H27Cl2N3O4S2/c1-20(19-44(2,40)41)25-15-23-8-5-13-37-32(23)27(16-25)22-6-4-7-24(14-22)34-33(21-9-11-26(12-10-21)45(3,42)43)38-30-17-28(35)29(36)18-31(30)39-34/h4-18,20H,19H2,1-3H3. The Bertz CT molecular complexity index is 2350. The Morgan fingerprint density at radius 2 is 1.33 bits per heavy atom. The molecule has 11 heteroatoms. The van der Waals surface area contributed by atoms with E-state index in [0.717, 1.165) is 39.4 Å². The van der Waals surface area contributed by atoms with Crippen LogP contribution in [0.3, 0.4) is 0 Å². The minimum atomic E-state index is -3.39. The maximum Gasteiger partial charge on any atom is 0.175 e. The lowest BCUT2D eigenvalue weighted by Crippen LogP contribution is -2.10. The van der Waals surface area contributed by atoms with Crippen LogP contribution in [0, 0.1) is 0 Å². The molecule has 1 unspecified atom stereocenters. The average molecular weight is 677 g/mol. The molecule has 0 aliphatic carbocycles. The van der Waals surface area contributed by atoms with E-state index in [-0.39, 0.29) is 16.6 Å². The second-order valence-electron chi connectivity index (χ2n) is 11.2. The van der Waals surface area contributed by atoms with Crippen molar-refractivity contribution >= 4 is 64.8 Å². The molecule has 0 fully saturated rings. The van der Waals surface area contributed by atoms with Crippen molar-refractivity contribution in [2.24, 2.45) is 0 Å². The first-order valence-electron chi connectivity index (χ1n) is 13.9. The van der Waals surface area contributed by atoms with Crippen LogP contribution in [0.2, 0.25) is 10.0 Å². The fraction of sp³-hybridized carbons (Fsp3) is 0.147. The van der Waals surface area contributed by atoms with Gasteiger partial charge < -0.3 is 0 Å². The summed E-state index contributed by atoms with van der Waals surface area (Å²) in [6.07, 6.45) is 4.14. The van der Waals surface area contributed by atoms with Crippen molar-refractivity contribution in [1.82, 2.24) is 15.0 Å². The van der Waals surface area contributed by atoms with Crippen molar-refractivity contribution in [2.75, 3.05) is 18.3 Å². The molecule has 0 bridgehead atoms. The molecule has 6 rings (SSSR count). The minimum Gasteiger partial charge on any atom is -0.256 e. The van der Waals surface area contributed by atoms with Crippen LogP contribution in [0.5, 0.6) is 0 Å². The van der Waals surface area contributed by atoms with Crippen molar-refractivity contribution in [3.63, 3.8) is 0 Å². The Kier molecular flexibility index (Phi) is 8.16. The van der Waals surface area contributed by atoms with Gasteiger partial charge in [-0.25, -0.2) is 26.8 Å². The smallest absolute Gasteiger partial charge is 0.175 e. The largest absolute Gasteiger partial charge is 0.256 e. The second kappa shape index (κ2) is 11.8. The lowest BCUT2D eigenvalue weighted by atomic mass is 9.92. The summed E-state index contributed by atoms with van der Waals surface area (Å²) in [5, 5.41) is 1.59. The molecule has 45 heavy (non-hydrogen) atoms. The molecular formula is C34H27Cl2N3O4S2. The lowest BCUT2D eigenvalue weighted by molar-refractivity contribution is 0.596. The Morgan fingerprint density at radius 1 is 0.711 bits per heavy atom.